The molecular weight excluding hydrogens is 400 g/mol. The van der Waals surface area contributed by atoms with Crippen molar-refractivity contribution in [1.82, 2.24) is 14.1 Å². The van der Waals surface area contributed by atoms with Gasteiger partial charge >= 0.3 is 0 Å². The minimum Gasteiger partial charge on any atom is -0.339 e. The standard InChI is InChI=1S/C22H26N4O3S/c23-11-12-24(17-20-7-3-1-4-8-20)18-22(27)25-13-15-26(16-14-25)30(28,29)19-21-9-5-2-6-10-21/h1-10H,12-19H2. The molecule has 30 heavy (non-hydrogen) atoms. The monoisotopic (exact) mass is 426 g/mol. The molecule has 158 valence electrons. The van der Waals surface area contributed by atoms with Crippen LogP contribution in [0.3, 0.4) is 0 Å². The van der Waals surface area contributed by atoms with Gasteiger partial charge in [0.1, 0.15) is 0 Å². The fraction of sp³-hybridized carbons (Fsp3) is 0.364. The highest BCUT2D eigenvalue weighted by Gasteiger charge is 2.29. The predicted molar refractivity (Wildman–Crippen MR) is 115 cm³/mol. The Morgan fingerprint density at radius 2 is 1.50 bits per heavy atom. The second kappa shape index (κ2) is 10.3. The summed E-state index contributed by atoms with van der Waals surface area (Å²) in [6.07, 6.45) is 0. The van der Waals surface area contributed by atoms with Gasteiger partial charge in [-0.1, -0.05) is 60.7 Å². The van der Waals surface area contributed by atoms with Gasteiger partial charge in [-0.25, -0.2) is 8.42 Å². The Bertz CT molecular complexity index is 966. The number of carbonyl (C=O) groups is 1. The van der Waals surface area contributed by atoms with Crippen LogP contribution in [-0.4, -0.2) is 67.7 Å². The van der Waals surface area contributed by atoms with Gasteiger partial charge in [0, 0.05) is 32.7 Å². The first-order chi connectivity index (χ1) is 14.5. The zero-order chi connectivity index (χ0) is 21.4. The van der Waals surface area contributed by atoms with E-state index >= 15 is 0 Å². The van der Waals surface area contributed by atoms with Crippen LogP contribution in [0.25, 0.3) is 0 Å². The number of benzene rings is 2. The number of nitrogens with zero attached hydrogens (tertiary/aromatic N) is 4. The minimum absolute atomic E-state index is 0.0329. The highest BCUT2D eigenvalue weighted by molar-refractivity contribution is 7.88. The van der Waals surface area contributed by atoms with Crippen LogP contribution in [0, 0.1) is 11.3 Å². The lowest BCUT2D eigenvalue weighted by Gasteiger charge is -2.35. The van der Waals surface area contributed by atoms with Crippen LogP contribution in [0.4, 0.5) is 0 Å². The molecule has 7 nitrogen and oxygen atoms in total. The van der Waals surface area contributed by atoms with Gasteiger partial charge in [0.15, 0.2) is 0 Å². The Morgan fingerprint density at radius 3 is 2.07 bits per heavy atom. The van der Waals surface area contributed by atoms with Crippen LogP contribution < -0.4 is 0 Å². The molecule has 1 heterocycles. The van der Waals surface area contributed by atoms with Crippen molar-refractivity contribution in [3.8, 4) is 6.07 Å². The van der Waals surface area contributed by atoms with Crippen molar-refractivity contribution in [2.45, 2.75) is 12.3 Å². The van der Waals surface area contributed by atoms with Crippen molar-refractivity contribution in [1.29, 1.82) is 5.26 Å². The molecule has 0 radical (unpaired) electrons. The van der Waals surface area contributed by atoms with Gasteiger partial charge in [0.25, 0.3) is 0 Å². The van der Waals surface area contributed by atoms with Gasteiger partial charge in [-0.3, -0.25) is 9.69 Å². The summed E-state index contributed by atoms with van der Waals surface area (Å²) in [5.41, 5.74) is 1.79. The van der Waals surface area contributed by atoms with E-state index in [2.05, 4.69) is 6.07 Å². The topological polar surface area (TPSA) is 84.7 Å². The zero-order valence-corrected chi connectivity index (χ0v) is 17.7. The lowest BCUT2D eigenvalue weighted by atomic mass is 10.2. The summed E-state index contributed by atoms with van der Waals surface area (Å²) in [5.74, 6) is -0.115. The molecule has 1 saturated heterocycles. The van der Waals surface area contributed by atoms with E-state index < -0.39 is 10.0 Å². The predicted octanol–water partition coefficient (Wildman–Crippen LogP) is 1.69. The lowest BCUT2D eigenvalue weighted by molar-refractivity contribution is -0.133. The van der Waals surface area contributed by atoms with E-state index in [0.29, 0.717) is 19.6 Å². The molecule has 0 atom stereocenters. The third-order valence-electron chi connectivity index (χ3n) is 5.08. The van der Waals surface area contributed by atoms with Crippen LogP contribution in [0.1, 0.15) is 11.1 Å². The van der Waals surface area contributed by atoms with Crippen LogP contribution >= 0.6 is 0 Å². The maximum Gasteiger partial charge on any atom is 0.236 e. The zero-order valence-electron chi connectivity index (χ0n) is 16.9. The second-order valence-electron chi connectivity index (χ2n) is 7.31. The minimum atomic E-state index is -3.42. The highest BCUT2D eigenvalue weighted by atomic mass is 32.2. The number of hydrogen-bond acceptors (Lipinski definition) is 5. The van der Waals surface area contributed by atoms with Gasteiger partial charge in [-0.05, 0) is 11.1 Å². The molecular formula is C22H26N4O3S. The molecule has 0 aliphatic carbocycles. The van der Waals surface area contributed by atoms with Crippen molar-refractivity contribution in [2.75, 3.05) is 39.3 Å². The molecule has 2 aromatic carbocycles. The van der Waals surface area contributed by atoms with E-state index in [9.17, 15) is 13.2 Å². The summed E-state index contributed by atoms with van der Waals surface area (Å²) >= 11 is 0. The first-order valence-corrected chi connectivity index (χ1v) is 11.5. The number of piperazine rings is 1. The summed E-state index contributed by atoms with van der Waals surface area (Å²) < 4.78 is 26.8. The first kappa shape index (κ1) is 22.0. The smallest absolute Gasteiger partial charge is 0.236 e. The van der Waals surface area contributed by atoms with Gasteiger partial charge in [-0.15, -0.1) is 0 Å². The highest BCUT2D eigenvalue weighted by Crippen LogP contribution is 2.14. The molecule has 0 saturated carbocycles. The van der Waals surface area contributed by atoms with Gasteiger partial charge in [0.2, 0.25) is 15.9 Å². The van der Waals surface area contributed by atoms with Crippen LogP contribution in [0.2, 0.25) is 0 Å². The SMILES string of the molecule is N#CCN(CC(=O)N1CCN(S(=O)(=O)Cc2ccccc2)CC1)Cc1ccccc1. The maximum absolute atomic E-state index is 12.7. The fourth-order valence-electron chi connectivity index (χ4n) is 3.49. The molecule has 0 aromatic heterocycles. The van der Waals surface area contributed by atoms with Crippen LogP contribution in [0.5, 0.6) is 0 Å². The number of hydrogen-bond donors (Lipinski definition) is 0. The van der Waals surface area contributed by atoms with Crippen molar-refractivity contribution >= 4 is 15.9 Å². The van der Waals surface area contributed by atoms with Gasteiger partial charge in [-0.2, -0.15) is 9.57 Å². The van der Waals surface area contributed by atoms with Crippen molar-refractivity contribution in [3.05, 3.63) is 71.8 Å². The summed E-state index contributed by atoms with van der Waals surface area (Å²) in [7, 11) is -3.42. The fourth-order valence-corrected chi connectivity index (χ4v) is 5.01. The van der Waals surface area contributed by atoms with E-state index in [4.69, 9.17) is 5.26 Å². The number of amides is 1. The summed E-state index contributed by atoms with van der Waals surface area (Å²) in [6.45, 7) is 2.11. The van der Waals surface area contributed by atoms with Crippen molar-refractivity contribution in [2.24, 2.45) is 0 Å². The molecule has 2 aromatic rings. The average Bonchev–Trinajstić information content (AvgIpc) is 2.75. The van der Waals surface area contributed by atoms with E-state index in [1.54, 1.807) is 21.9 Å². The Balaban J connectivity index is 1.53. The van der Waals surface area contributed by atoms with Crippen LogP contribution in [0.15, 0.2) is 60.7 Å². The number of nitriles is 1. The number of sulfonamides is 1. The largest absolute Gasteiger partial charge is 0.339 e. The normalized spacial score (nSPS) is 15.1. The van der Waals surface area contributed by atoms with Crippen molar-refractivity contribution in [3.63, 3.8) is 0 Å². The van der Waals surface area contributed by atoms with E-state index in [0.717, 1.165) is 11.1 Å². The average molecular weight is 427 g/mol. The third kappa shape index (κ3) is 6.13. The quantitative estimate of drug-likeness (QED) is 0.600. The molecule has 1 aliphatic heterocycles. The Hall–Kier alpha value is -2.73. The molecule has 3 rings (SSSR count). The Labute approximate surface area is 178 Å². The lowest BCUT2D eigenvalue weighted by Crippen LogP contribution is -2.52. The molecule has 8 heteroatoms. The van der Waals surface area contributed by atoms with Gasteiger partial charge in [0.05, 0.1) is 24.9 Å². The molecule has 0 bridgehead atoms. The van der Waals surface area contributed by atoms with Crippen molar-refractivity contribution < 1.29 is 13.2 Å². The van der Waals surface area contributed by atoms with E-state index in [1.165, 1.54) is 4.31 Å². The molecule has 0 spiro atoms. The molecule has 1 fully saturated rings. The first-order valence-electron chi connectivity index (χ1n) is 9.91. The molecule has 1 aliphatic rings. The number of rotatable bonds is 8. The van der Waals surface area contributed by atoms with E-state index in [1.807, 2.05) is 48.5 Å². The summed E-state index contributed by atoms with van der Waals surface area (Å²) in [4.78, 5) is 16.2. The molecule has 1 amide bonds. The summed E-state index contributed by atoms with van der Waals surface area (Å²) in [6, 6.07) is 20.9. The maximum atomic E-state index is 12.7. The Kier molecular flexibility index (Phi) is 7.57. The van der Waals surface area contributed by atoms with Gasteiger partial charge < -0.3 is 4.90 Å². The van der Waals surface area contributed by atoms with E-state index in [-0.39, 0.29) is 37.8 Å². The summed E-state index contributed by atoms with van der Waals surface area (Å²) in [5, 5.41) is 9.09. The molecule has 0 N–H and O–H groups in total. The second-order valence-corrected chi connectivity index (χ2v) is 9.28. The number of carbonyl (C=O) groups excluding carboxylic acids is 1. The molecule has 0 unspecified atom stereocenters. The van der Waals surface area contributed by atoms with Crippen LogP contribution in [-0.2, 0) is 27.1 Å². The third-order valence-corrected chi connectivity index (χ3v) is 6.93. The Morgan fingerprint density at radius 1 is 0.933 bits per heavy atom.